The number of carbonyl (C=O) groups is 1. The first kappa shape index (κ1) is 11.5. The van der Waals surface area contributed by atoms with Crippen LogP contribution >= 0.6 is 0 Å². The monoisotopic (exact) mass is 237 g/mol. The maximum atomic E-state index is 11.8. The van der Waals surface area contributed by atoms with Crippen LogP contribution in [0.15, 0.2) is 0 Å². The summed E-state index contributed by atoms with van der Waals surface area (Å²) in [5, 5.41) is 6.53. The molecular formula is C13H23N3O. The number of hydrogen-bond donors (Lipinski definition) is 2. The van der Waals surface area contributed by atoms with E-state index in [-0.39, 0.29) is 5.92 Å². The highest BCUT2D eigenvalue weighted by Crippen LogP contribution is 2.31. The summed E-state index contributed by atoms with van der Waals surface area (Å²) in [7, 11) is 0. The number of nitrogens with zero attached hydrogens (tertiary/aromatic N) is 1. The predicted octanol–water partition coefficient (Wildman–Crippen LogP) is 0.339. The van der Waals surface area contributed by atoms with Gasteiger partial charge in [0.2, 0.25) is 5.91 Å². The van der Waals surface area contributed by atoms with Gasteiger partial charge in [-0.25, -0.2) is 0 Å². The second kappa shape index (κ2) is 4.94. The van der Waals surface area contributed by atoms with Gasteiger partial charge in [0.25, 0.3) is 0 Å². The SMILES string of the molecule is O=C1NCC2C1CCCN2C1CCCNCC1. The van der Waals surface area contributed by atoms with Crippen molar-refractivity contribution in [2.45, 2.75) is 44.2 Å². The van der Waals surface area contributed by atoms with Crippen molar-refractivity contribution in [1.29, 1.82) is 0 Å². The minimum Gasteiger partial charge on any atom is -0.354 e. The molecule has 3 unspecified atom stereocenters. The number of fused-ring (bicyclic) bond motifs is 1. The molecule has 0 bridgehead atoms. The van der Waals surface area contributed by atoms with Crippen molar-refractivity contribution in [3.8, 4) is 0 Å². The van der Waals surface area contributed by atoms with Gasteiger partial charge in [-0.3, -0.25) is 9.69 Å². The molecular weight excluding hydrogens is 214 g/mol. The maximum Gasteiger partial charge on any atom is 0.224 e. The number of likely N-dealkylation sites (tertiary alicyclic amines) is 1. The summed E-state index contributed by atoms with van der Waals surface area (Å²) in [6, 6.07) is 1.19. The molecule has 3 atom stereocenters. The van der Waals surface area contributed by atoms with Crippen LogP contribution in [-0.2, 0) is 4.79 Å². The van der Waals surface area contributed by atoms with Crippen LogP contribution in [0.25, 0.3) is 0 Å². The van der Waals surface area contributed by atoms with Crippen molar-refractivity contribution < 1.29 is 4.79 Å². The summed E-state index contributed by atoms with van der Waals surface area (Å²) < 4.78 is 0. The molecule has 4 heteroatoms. The van der Waals surface area contributed by atoms with E-state index in [9.17, 15) is 4.79 Å². The Hall–Kier alpha value is -0.610. The highest BCUT2D eigenvalue weighted by Gasteiger charge is 2.42. The Morgan fingerprint density at radius 3 is 3.00 bits per heavy atom. The van der Waals surface area contributed by atoms with Crippen molar-refractivity contribution >= 4 is 5.91 Å². The van der Waals surface area contributed by atoms with Crippen molar-refractivity contribution in [1.82, 2.24) is 15.5 Å². The zero-order valence-electron chi connectivity index (χ0n) is 10.5. The molecule has 3 fully saturated rings. The molecule has 0 aromatic rings. The lowest BCUT2D eigenvalue weighted by atomic mass is 9.89. The van der Waals surface area contributed by atoms with E-state index in [2.05, 4.69) is 15.5 Å². The van der Waals surface area contributed by atoms with Gasteiger partial charge in [0.15, 0.2) is 0 Å². The Bertz CT molecular complexity index is 286. The Balaban J connectivity index is 1.70. The Morgan fingerprint density at radius 2 is 2.06 bits per heavy atom. The van der Waals surface area contributed by atoms with E-state index in [0.717, 1.165) is 26.1 Å². The smallest absolute Gasteiger partial charge is 0.224 e. The van der Waals surface area contributed by atoms with Crippen molar-refractivity contribution in [2.24, 2.45) is 5.92 Å². The van der Waals surface area contributed by atoms with E-state index in [1.807, 2.05) is 0 Å². The first-order valence-corrected chi connectivity index (χ1v) is 7.10. The highest BCUT2D eigenvalue weighted by atomic mass is 16.2. The van der Waals surface area contributed by atoms with E-state index in [0.29, 0.717) is 18.0 Å². The molecule has 0 radical (unpaired) electrons. The number of nitrogens with one attached hydrogen (secondary N) is 2. The topological polar surface area (TPSA) is 44.4 Å². The van der Waals surface area contributed by atoms with Gasteiger partial charge in [-0.15, -0.1) is 0 Å². The molecule has 0 aromatic heterocycles. The second-order valence-electron chi connectivity index (χ2n) is 5.63. The van der Waals surface area contributed by atoms with E-state index < -0.39 is 0 Å². The molecule has 96 valence electrons. The van der Waals surface area contributed by atoms with E-state index in [1.54, 1.807) is 0 Å². The summed E-state index contributed by atoms with van der Waals surface area (Å²) in [4.78, 5) is 14.4. The molecule has 3 aliphatic heterocycles. The van der Waals surface area contributed by atoms with Gasteiger partial charge in [0, 0.05) is 18.6 Å². The van der Waals surface area contributed by atoms with Gasteiger partial charge < -0.3 is 10.6 Å². The van der Waals surface area contributed by atoms with E-state index in [4.69, 9.17) is 0 Å². The minimum absolute atomic E-state index is 0.278. The first-order chi connectivity index (χ1) is 8.36. The average Bonchev–Trinajstić information content (AvgIpc) is 2.59. The van der Waals surface area contributed by atoms with Gasteiger partial charge in [-0.1, -0.05) is 0 Å². The average molecular weight is 237 g/mol. The minimum atomic E-state index is 0.278. The standard InChI is InChI=1S/C13H23N3O/c17-13-11-4-2-8-16(12(11)9-15-13)10-3-1-6-14-7-5-10/h10-12,14H,1-9H2,(H,15,17). The lowest BCUT2D eigenvalue weighted by molar-refractivity contribution is -0.124. The number of carbonyl (C=O) groups excluding carboxylic acids is 1. The summed E-state index contributed by atoms with van der Waals surface area (Å²) in [5.41, 5.74) is 0. The highest BCUT2D eigenvalue weighted by molar-refractivity contribution is 5.82. The van der Waals surface area contributed by atoms with Crippen molar-refractivity contribution in [3.05, 3.63) is 0 Å². The van der Waals surface area contributed by atoms with Crippen molar-refractivity contribution in [2.75, 3.05) is 26.2 Å². The van der Waals surface area contributed by atoms with Gasteiger partial charge >= 0.3 is 0 Å². The second-order valence-corrected chi connectivity index (χ2v) is 5.63. The van der Waals surface area contributed by atoms with E-state index >= 15 is 0 Å². The number of amides is 1. The third kappa shape index (κ3) is 2.20. The quantitative estimate of drug-likeness (QED) is 0.691. The molecule has 3 aliphatic rings. The molecule has 3 rings (SSSR count). The normalized spacial score (nSPS) is 39.5. The van der Waals surface area contributed by atoms with Crippen LogP contribution in [0.5, 0.6) is 0 Å². The molecule has 4 nitrogen and oxygen atoms in total. The Kier molecular flexibility index (Phi) is 3.34. The van der Waals surface area contributed by atoms with Gasteiger partial charge in [0.1, 0.15) is 0 Å². The third-order valence-electron chi connectivity index (χ3n) is 4.66. The van der Waals surface area contributed by atoms with Gasteiger partial charge in [0.05, 0.1) is 5.92 Å². The molecule has 0 spiro atoms. The van der Waals surface area contributed by atoms with Crippen LogP contribution in [0, 0.1) is 5.92 Å². The molecule has 1 amide bonds. The Labute approximate surface area is 103 Å². The van der Waals surface area contributed by atoms with Gasteiger partial charge in [-0.2, -0.15) is 0 Å². The lowest BCUT2D eigenvalue weighted by Crippen LogP contribution is -2.50. The number of rotatable bonds is 1. The molecule has 0 aliphatic carbocycles. The zero-order valence-corrected chi connectivity index (χ0v) is 10.5. The number of piperidine rings is 1. The van der Waals surface area contributed by atoms with Crippen LogP contribution < -0.4 is 10.6 Å². The molecule has 0 aromatic carbocycles. The first-order valence-electron chi connectivity index (χ1n) is 7.10. The molecule has 2 N–H and O–H groups in total. The van der Waals surface area contributed by atoms with Gasteiger partial charge in [-0.05, 0) is 51.7 Å². The fourth-order valence-electron chi connectivity index (χ4n) is 3.77. The van der Waals surface area contributed by atoms with Crippen LogP contribution in [0.3, 0.4) is 0 Å². The summed E-state index contributed by atoms with van der Waals surface area (Å²) >= 11 is 0. The van der Waals surface area contributed by atoms with Crippen LogP contribution in [-0.4, -0.2) is 49.1 Å². The molecule has 0 saturated carbocycles. The molecule has 17 heavy (non-hydrogen) atoms. The fourth-order valence-corrected chi connectivity index (χ4v) is 3.77. The zero-order chi connectivity index (χ0) is 11.7. The van der Waals surface area contributed by atoms with Crippen LogP contribution in [0.2, 0.25) is 0 Å². The summed E-state index contributed by atoms with van der Waals surface area (Å²) in [6.07, 6.45) is 6.11. The molecule has 3 heterocycles. The third-order valence-corrected chi connectivity index (χ3v) is 4.66. The summed E-state index contributed by atoms with van der Waals surface area (Å²) in [5.74, 6) is 0.575. The number of hydrogen-bond acceptors (Lipinski definition) is 3. The fraction of sp³-hybridized carbons (Fsp3) is 0.923. The van der Waals surface area contributed by atoms with Crippen LogP contribution in [0.4, 0.5) is 0 Å². The van der Waals surface area contributed by atoms with E-state index in [1.165, 1.54) is 32.2 Å². The summed E-state index contributed by atoms with van der Waals surface area (Å²) in [6.45, 7) is 4.38. The Morgan fingerprint density at radius 1 is 1.12 bits per heavy atom. The molecule has 3 saturated heterocycles. The lowest BCUT2D eigenvalue weighted by Gasteiger charge is -2.41. The van der Waals surface area contributed by atoms with Crippen molar-refractivity contribution in [3.63, 3.8) is 0 Å². The largest absolute Gasteiger partial charge is 0.354 e. The predicted molar refractivity (Wildman–Crippen MR) is 66.7 cm³/mol. The van der Waals surface area contributed by atoms with Crippen LogP contribution in [0.1, 0.15) is 32.1 Å². The maximum absolute atomic E-state index is 11.8.